The highest BCUT2D eigenvalue weighted by Gasteiger charge is 2.38. The van der Waals surface area contributed by atoms with E-state index in [9.17, 15) is 8.78 Å². The Morgan fingerprint density at radius 1 is 0.800 bits per heavy atom. The Labute approximate surface area is 130 Å². The molecule has 1 rings (SSSR count). The topological polar surface area (TPSA) is 0 Å². The van der Waals surface area contributed by atoms with Crippen LogP contribution in [0.1, 0.15) is 77.6 Å². The fourth-order valence-corrected chi connectivity index (χ4v) is 3.22. The summed E-state index contributed by atoms with van der Waals surface area (Å²) in [5.74, 6) is 0. The average Bonchev–Trinajstić information content (AvgIpc) is 2.42. The summed E-state index contributed by atoms with van der Waals surface area (Å²) in [5.41, 5.74) is 0. The Morgan fingerprint density at radius 3 is 1.80 bits per heavy atom. The first-order valence-electron chi connectivity index (χ1n) is 8.35. The number of alkyl halides is 2. The Kier molecular flexibility index (Phi) is 11.8. The highest BCUT2D eigenvalue weighted by molar-refractivity contribution is 4.55. The predicted molar refractivity (Wildman–Crippen MR) is 77.3 cm³/mol. The molecule has 1 aliphatic rings. The van der Waals surface area contributed by atoms with Crippen molar-refractivity contribution < 1.29 is 25.7 Å². The normalized spacial score (nSPS) is 18.0. The zero-order chi connectivity index (χ0) is 14.0. The molecule has 1 aliphatic heterocycles. The third kappa shape index (κ3) is 7.21. The van der Waals surface area contributed by atoms with Crippen molar-refractivity contribution in [1.82, 2.24) is 0 Å². The van der Waals surface area contributed by atoms with Gasteiger partial charge in [0.25, 0.3) is 0 Å². The summed E-state index contributed by atoms with van der Waals surface area (Å²) < 4.78 is 26.6. The van der Waals surface area contributed by atoms with Gasteiger partial charge in [0.05, 0.1) is 19.6 Å². The molecule has 0 unspecified atom stereocenters. The lowest BCUT2D eigenvalue weighted by Gasteiger charge is -2.40. The van der Waals surface area contributed by atoms with Crippen molar-refractivity contribution in [3.8, 4) is 0 Å². The van der Waals surface area contributed by atoms with Crippen LogP contribution in [-0.2, 0) is 0 Å². The van der Waals surface area contributed by atoms with Gasteiger partial charge in [-0.3, -0.25) is 4.48 Å². The maximum Gasteiger partial charge on any atom is 0.380 e. The minimum absolute atomic E-state index is 0. The molecule has 0 aromatic heterocycles. The summed E-state index contributed by atoms with van der Waals surface area (Å²) in [5, 5.41) is 0. The van der Waals surface area contributed by atoms with Gasteiger partial charge >= 0.3 is 6.55 Å². The van der Waals surface area contributed by atoms with Crippen molar-refractivity contribution in [3.63, 3.8) is 0 Å². The Morgan fingerprint density at radius 2 is 1.30 bits per heavy atom. The number of halogens is 3. The van der Waals surface area contributed by atoms with E-state index in [0.29, 0.717) is 19.6 Å². The van der Waals surface area contributed by atoms with Gasteiger partial charge in [-0.25, -0.2) is 0 Å². The smallest absolute Gasteiger partial charge is 0.380 e. The number of rotatable bonds is 10. The molecule has 20 heavy (non-hydrogen) atoms. The van der Waals surface area contributed by atoms with Crippen LogP contribution in [0, 0.1) is 0 Å². The van der Waals surface area contributed by atoms with Crippen molar-refractivity contribution in [2.24, 2.45) is 0 Å². The van der Waals surface area contributed by atoms with Crippen LogP contribution in [0.5, 0.6) is 0 Å². The molecule has 0 saturated carbocycles. The van der Waals surface area contributed by atoms with E-state index in [2.05, 4.69) is 6.92 Å². The van der Waals surface area contributed by atoms with Crippen molar-refractivity contribution in [2.45, 2.75) is 84.1 Å². The summed E-state index contributed by atoms with van der Waals surface area (Å²) in [4.78, 5) is 0. The van der Waals surface area contributed by atoms with Gasteiger partial charge in [0, 0.05) is 0 Å². The molecule has 0 aromatic carbocycles. The lowest BCUT2D eigenvalue weighted by molar-refractivity contribution is -0.983. The highest BCUT2D eigenvalue weighted by Crippen LogP contribution is 2.26. The molecule has 4 heteroatoms. The van der Waals surface area contributed by atoms with E-state index in [1.807, 2.05) is 0 Å². The zero-order valence-electron chi connectivity index (χ0n) is 13.1. The van der Waals surface area contributed by atoms with E-state index in [1.54, 1.807) is 0 Å². The van der Waals surface area contributed by atoms with Crippen molar-refractivity contribution in [1.29, 1.82) is 0 Å². The average molecular weight is 312 g/mol. The van der Waals surface area contributed by atoms with Crippen LogP contribution in [0.15, 0.2) is 0 Å². The standard InChI is InChI=1S/C16H32F2N.ClH/c1-2-3-4-5-6-7-8-10-13-19(16(17)18)14-11-9-12-15-19;/h16H,2-15H2,1H3;1H/q+1;/p-1. The monoisotopic (exact) mass is 311 g/mol. The summed E-state index contributed by atoms with van der Waals surface area (Å²) in [6.45, 7) is 2.17. The second-order valence-corrected chi connectivity index (χ2v) is 6.20. The highest BCUT2D eigenvalue weighted by atomic mass is 35.5. The number of quaternary nitrogens is 1. The number of hydrogen-bond acceptors (Lipinski definition) is 0. The van der Waals surface area contributed by atoms with Gasteiger partial charge < -0.3 is 12.4 Å². The summed E-state index contributed by atoms with van der Waals surface area (Å²) in [6.07, 6.45) is 13.0. The van der Waals surface area contributed by atoms with E-state index in [0.717, 1.165) is 32.1 Å². The van der Waals surface area contributed by atoms with Crippen LogP contribution < -0.4 is 12.4 Å². The zero-order valence-corrected chi connectivity index (χ0v) is 13.8. The van der Waals surface area contributed by atoms with Crippen LogP contribution in [0.4, 0.5) is 8.78 Å². The van der Waals surface area contributed by atoms with Crippen LogP contribution in [0.2, 0.25) is 0 Å². The fraction of sp³-hybridized carbons (Fsp3) is 1.00. The third-order valence-electron chi connectivity index (χ3n) is 4.58. The van der Waals surface area contributed by atoms with Crippen LogP contribution in [0.3, 0.4) is 0 Å². The molecule has 1 saturated heterocycles. The molecule has 0 amide bonds. The lowest BCUT2D eigenvalue weighted by atomic mass is 10.1. The molecule has 0 N–H and O–H groups in total. The van der Waals surface area contributed by atoms with Gasteiger partial charge in [0.2, 0.25) is 0 Å². The quantitative estimate of drug-likeness (QED) is 0.330. The molecule has 1 heterocycles. The van der Waals surface area contributed by atoms with Gasteiger partial charge in [0.1, 0.15) is 0 Å². The molecule has 0 bridgehead atoms. The van der Waals surface area contributed by atoms with Crippen molar-refractivity contribution in [2.75, 3.05) is 19.6 Å². The van der Waals surface area contributed by atoms with Gasteiger partial charge in [0.15, 0.2) is 0 Å². The van der Waals surface area contributed by atoms with Crippen LogP contribution in [-0.4, -0.2) is 30.7 Å². The van der Waals surface area contributed by atoms with Gasteiger partial charge in [-0.15, -0.1) is 0 Å². The van der Waals surface area contributed by atoms with Crippen LogP contribution >= 0.6 is 0 Å². The largest absolute Gasteiger partial charge is 1.00 e. The van der Waals surface area contributed by atoms with Crippen molar-refractivity contribution >= 4 is 0 Å². The lowest BCUT2D eigenvalue weighted by Crippen LogP contribution is -3.00. The Bertz CT molecular complexity index is 219. The summed E-state index contributed by atoms with van der Waals surface area (Å²) in [6, 6.07) is 0. The summed E-state index contributed by atoms with van der Waals surface area (Å²) >= 11 is 0. The van der Waals surface area contributed by atoms with Crippen LogP contribution in [0.25, 0.3) is 0 Å². The number of piperidine rings is 1. The van der Waals surface area contributed by atoms with Gasteiger partial charge in [-0.05, 0) is 32.1 Å². The molecule has 0 spiro atoms. The minimum atomic E-state index is -2.16. The summed E-state index contributed by atoms with van der Waals surface area (Å²) in [7, 11) is 0. The van der Waals surface area contributed by atoms with E-state index in [1.165, 1.54) is 38.5 Å². The molecular weight excluding hydrogens is 280 g/mol. The second-order valence-electron chi connectivity index (χ2n) is 6.20. The van der Waals surface area contributed by atoms with Gasteiger partial charge in [-0.1, -0.05) is 45.4 Å². The first-order chi connectivity index (χ1) is 9.21. The predicted octanol–water partition coefficient (Wildman–Crippen LogP) is 2.35. The Hall–Kier alpha value is 0.110. The molecule has 0 atom stereocenters. The first-order valence-corrected chi connectivity index (χ1v) is 8.35. The molecule has 0 aliphatic carbocycles. The molecule has 1 fully saturated rings. The fourth-order valence-electron chi connectivity index (χ4n) is 3.22. The number of nitrogens with zero attached hydrogens (tertiary/aromatic N) is 1. The first kappa shape index (κ1) is 20.1. The molecule has 0 radical (unpaired) electrons. The molecule has 0 aromatic rings. The second kappa shape index (κ2) is 11.7. The van der Waals surface area contributed by atoms with E-state index in [-0.39, 0.29) is 16.9 Å². The Balaban J connectivity index is 0.00000361. The minimum Gasteiger partial charge on any atom is -1.00 e. The number of hydrogen-bond donors (Lipinski definition) is 0. The third-order valence-corrected chi connectivity index (χ3v) is 4.58. The number of likely N-dealkylation sites (tertiary alicyclic amines) is 1. The maximum atomic E-state index is 13.3. The maximum absolute atomic E-state index is 13.3. The van der Waals surface area contributed by atoms with E-state index in [4.69, 9.17) is 0 Å². The molecule has 122 valence electrons. The van der Waals surface area contributed by atoms with Crippen molar-refractivity contribution in [3.05, 3.63) is 0 Å². The van der Waals surface area contributed by atoms with E-state index >= 15 is 0 Å². The molecule has 1 nitrogen and oxygen atoms in total. The SMILES string of the molecule is CCCCCCCCCC[N+]1(C(F)F)CCCCC1.[Cl-]. The van der Waals surface area contributed by atoms with Gasteiger partial charge in [-0.2, -0.15) is 8.78 Å². The van der Waals surface area contributed by atoms with E-state index < -0.39 is 6.55 Å². The number of unbranched alkanes of at least 4 members (excludes halogenated alkanes) is 7. The molecular formula is C16H32ClF2N.